The minimum absolute atomic E-state index is 0.0699. The van der Waals surface area contributed by atoms with Crippen molar-refractivity contribution in [1.29, 1.82) is 0 Å². The molecule has 6 heteroatoms. The van der Waals surface area contributed by atoms with Gasteiger partial charge in [-0.3, -0.25) is 0 Å². The molecule has 0 unspecified atom stereocenters. The van der Waals surface area contributed by atoms with E-state index < -0.39 is 5.97 Å². The van der Waals surface area contributed by atoms with Crippen LogP contribution in [0.25, 0.3) is 0 Å². The molecule has 1 heterocycles. The van der Waals surface area contributed by atoms with E-state index in [0.717, 1.165) is 19.4 Å². The van der Waals surface area contributed by atoms with Crippen LogP contribution in [-0.2, 0) is 0 Å². The summed E-state index contributed by atoms with van der Waals surface area (Å²) >= 11 is 0. The number of aliphatic hydroxyl groups excluding tert-OH is 1. The fraction of sp³-hybridized carbons (Fsp3) is 0.500. The quantitative estimate of drug-likeness (QED) is 0.723. The maximum absolute atomic E-state index is 11.0. The fourth-order valence-electron chi connectivity index (χ4n) is 2.18. The highest BCUT2D eigenvalue weighted by molar-refractivity contribution is 5.94. The van der Waals surface area contributed by atoms with Crippen LogP contribution in [-0.4, -0.2) is 40.9 Å². The van der Waals surface area contributed by atoms with Crippen LogP contribution < -0.4 is 10.6 Å². The molecule has 0 aromatic carbocycles. The Balaban J connectivity index is 2.08. The number of nitrogens with two attached hydrogens (primary N) is 1. The molecular formula is C12H17N3O3. The van der Waals surface area contributed by atoms with Crippen molar-refractivity contribution in [1.82, 2.24) is 4.98 Å². The largest absolute Gasteiger partial charge is 0.478 e. The zero-order valence-electron chi connectivity index (χ0n) is 10.2. The van der Waals surface area contributed by atoms with Gasteiger partial charge in [-0.2, -0.15) is 0 Å². The van der Waals surface area contributed by atoms with Crippen molar-refractivity contribution in [2.75, 3.05) is 24.2 Å². The average Bonchev–Trinajstić information content (AvgIpc) is 2.27. The number of carboxylic acids is 1. The van der Waals surface area contributed by atoms with E-state index in [1.165, 1.54) is 12.3 Å². The number of rotatable bonds is 4. The highest BCUT2D eigenvalue weighted by atomic mass is 16.4. The minimum atomic E-state index is -1.05. The van der Waals surface area contributed by atoms with E-state index in [1.54, 1.807) is 0 Å². The summed E-state index contributed by atoms with van der Waals surface area (Å²) in [5, 5.41) is 18.2. The first-order valence-electron chi connectivity index (χ1n) is 5.85. The monoisotopic (exact) mass is 251 g/mol. The van der Waals surface area contributed by atoms with Gasteiger partial charge in [-0.15, -0.1) is 0 Å². The number of pyridine rings is 1. The molecule has 98 valence electrons. The van der Waals surface area contributed by atoms with Crippen LogP contribution in [0.4, 0.5) is 11.5 Å². The van der Waals surface area contributed by atoms with Gasteiger partial charge in [0.1, 0.15) is 5.82 Å². The second kappa shape index (κ2) is 4.81. The summed E-state index contributed by atoms with van der Waals surface area (Å²) in [6.45, 7) is 0.757. The summed E-state index contributed by atoms with van der Waals surface area (Å²) in [6, 6.07) is 1.48. The number of aromatic carboxylic acids is 1. The second-order valence-electron chi connectivity index (χ2n) is 4.81. The van der Waals surface area contributed by atoms with Crippen LogP contribution in [0, 0.1) is 5.92 Å². The van der Waals surface area contributed by atoms with E-state index in [-0.39, 0.29) is 17.4 Å². The number of nitrogen functional groups attached to an aromatic ring is 1. The Morgan fingerprint density at radius 3 is 2.83 bits per heavy atom. The Morgan fingerprint density at radius 1 is 1.61 bits per heavy atom. The number of carbonyl (C=O) groups is 1. The van der Waals surface area contributed by atoms with Gasteiger partial charge in [0.05, 0.1) is 23.6 Å². The number of hydrogen-bond acceptors (Lipinski definition) is 5. The molecule has 18 heavy (non-hydrogen) atoms. The molecule has 1 aliphatic rings. The third-order valence-corrected chi connectivity index (χ3v) is 3.28. The lowest BCUT2D eigenvalue weighted by atomic mass is 9.82. The summed E-state index contributed by atoms with van der Waals surface area (Å²) < 4.78 is 0. The summed E-state index contributed by atoms with van der Waals surface area (Å²) in [5.41, 5.74) is 5.79. The first-order valence-corrected chi connectivity index (χ1v) is 5.85. The molecule has 0 atom stereocenters. The van der Waals surface area contributed by atoms with Crippen LogP contribution >= 0.6 is 0 Å². The van der Waals surface area contributed by atoms with E-state index in [2.05, 4.69) is 4.98 Å². The van der Waals surface area contributed by atoms with Crippen molar-refractivity contribution in [2.24, 2.45) is 5.92 Å². The van der Waals surface area contributed by atoms with Gasteiger partial charge in [-0.1, -0.05) is 0 Å². The maximum atomic E-state index is 11.0. The standard InChI is InChI=1S/C12H17N3O3/c1-15(6-7-2-8(16)3-7)11-4-9(12(17)18)10(13)5-14-11/h4-5,7-8,16H,2-3,6,13H2,1H3,(H,17,18). The lowest BCUT2D eigenvalue weighted by molar-refractivity contribution is 0.0464. The number of anilines is 2. The van der Waals surface area contributed by atoms with E-state index in [1.807, 2.05) is 11.9 Å². The van der Waals surface area contributed by atoms with Crippen LogP contribution in [0.15, 0.2) is 12.3 Å². The molecule has 1 aromatic heterocycles. The summed E-state index contributed by atoms with van der Waals surface area (Å²) in [7, 11) is 1.86. The van der Waals surface area contributed by atoms with Gasteiger partial charge in [0.2, 0.25) is 0 Å². The molecule has 1 aliphatic carbocycles. The molecule has 4 N–H and O–H groups in total. The van der Waals surface area contributed by atoms with Gasteiger partial charge in [0, 0.05) is 13.6 Å². The second-order valence-corrected chi connectivity index (χ2v) is 4.81. The predicted molar refractivity (Wildman–Crippen MR) is 67.6 cm³/mol. The Hall–Kier alpha value is -1.82. The summed E-state index contributed by atoms with van der Waals surface area (Å²) in [6.07, 6.45) is 2.78. The molecule has 0 amide bonds. The third-order valence-electron chi connectivity index (χ3n) is 3.28. The summed E-state index contributed by atoms with van der Waals surface area (Å²) in [4.78, 5) is 17.0. The van der Waals surface area contributed by atoms with Crippen molar-refractivity contribution in [3.05, 3.63) is 17.8 Å². The van der Waals surface area contributed by atoms with Crippen molar-refractivity contribution >= 4 is 17.5 Å². The van der Waals surface area contributed by atoms with Gasteiger partial charge >= 0.3 is 5.97 Å². The summed E-state index contributed by atoms with van der Waals surface area (Å²) in [5.74, 6) is -0.0239. The van der Waals surface area contributed by atoms with E-state index in [4.69, 9.17) is 10.8 Å². The number of aliphatic hydroxyl groups is 1. The number of hydrogen-bond donors (Lipinski definition) is 3. The molecule has 0 radical (unpaired) electrons. The van der Waals surface area contributed by atoms with Crippen LogP contribution in [0.3, 0.4) is 0 Å². The molecule has 0 aliphatic heterocycles. The van der Waals surface area contributed by atoms with Gasteiger partial charge in [0.25, 0.3) is 0 Å². The zero-order valence-corrected chi connectivity index (χ0v) is 10.2. The van der Waals surface area contributed by atoms with Crippen LogP contribution in [0.1, 0.15) is 23.2 Å². The van der Waals surface area contributed by atoms with Crippen LogP contribution in [0.5, 0.6) is 0 Å². The van der Waals surface area contributed by atoms with Crippen molar-refractivity contribution in [3.8, 4) is 0 Å². The number of aromatic nitrogens is 1. The van der Waals surface area contributed by atoms with Gasteiger partial charge < -0.3 is 20.8 Å². The van der Waals surface area contributed by atoms with E-state index in [0.29, 0.717) is 11.7 Å². The molecule has 1 fully saturated rings. The molecule has 2 rings (SSSR count). The van der Waals surface area contributed by atoms with E-state index in [9.17, 15) is 9.90 Å². The smallest absolute Gasteiger partial charge is 0.337 e. The molecule has 6 nitrogen and oxygen atoms in total. The lowest BCUT2D eigenvalue weighted by Crippen LogP contribution is -2.37. The van der Waals surface area contributed by atoms with Gasteiger partial charge in [-0.05, 0) is 24.8 Å². The van der Waals surface area contributed by atoms with Crippen molar-refractivity contribution in [2.45, 2.75) is 18.9 Å². The highest BCUT2D eigenvalue weighted by Crippen LogP contribution is 2.29. The Kier molecular flexibility index (Phi) is 3.38. The van der Waals surface area contributed by atoms with Crippen molar-refractivity contribution < 1.29 is 15.0 Å². The molecule has 0 bridgehead atoms. The number of carboxylic acid groups (broad SMARTS) is 1. The lowest BCUT2D eigenvalue weighted by Gasteiger charge is -2.34. The maximum Gasteiger partial charge on any atom is 0.337 e. The molecular weight excluding hydrogens is 234 g/mol. The zero-order chi connectivity index (χ0) is 13.3. The Bertz CT molecular complexity index is 458. The first kappa shape index (κ1) is 12.6. The number of nitrogens with zero attached hydrogens (tertiary/aromatic N) is 2. The average molecular weight is 251 g/mol. The van der Waals surface area contributed by atoms with Gasteiger partial charge in [0.15, 0.2) is 0 Å². The van der Waals surface area contributed by atoms with E-state index >= 15 is 0 Å². The molecule has 1 aromatic rings. The third kappa shape index (κ3) is 2.53. The SMILES string of the molecule is CN(CC1CC(O)C1)c1cc(C(=O)O)c(N)cn1. The van der Waals surface area contributed by atoms with Gasteiger partial charge in [-0.25, -0.2) is 9.78 Å². The topological polar surface area (TPSA) is 99.7 Å². The Labute approximate surface area is 105 Å². The minimum Gasteiger partial charge on any atom is -0.478 e. The highest BCUT2D eigenvalue weighted by Gasteiger charge is 2.28. The predicted octanol–water partition coefficient (Wildman–Crippen LogP) is 0.569. The van der Waals surface area contributed by atoms with Crippen LogP contribution in [0.2, 0.25) is 0 Å². The Morgan fingerprint density at radius 2 is 2.28 bits per heavy atom. The molecule has 1 saturated carbocycles. The molecule has 0 spiro atoms. The molecule has 0 saturated heterocycles. The van der Waals surface area contributed by atoms with Crippen molar-refractivity contribution in [3.63, 3.8) is 0 Å². The fourth-order valence-corrected chi connectivity index (χ4v) is 2.18. The first-order chi connectivity index (χ1) is 8.47. The normalized spacial score (nSPS) is 22.3.